The molecule has 0 aromatic rings. The fourth-order valence-electron chi connectivity index (χ4n) is 1.18. The molecule has 1 nitrogen and oxygen atoms in total. The average molecular weight is 198 g/mol. The predicted molar refractivity (Wildman–Crippen MR) is 56.7 cm³/mol. The summed E-state index contributed by atoms with van der Waals surface area (Å²) in [4.78, 5) is 9.94. The first-order chi connectivity index (χ1) is 5.41. The van der Waals surface area contributed by atoms with E-state index in [0.717, 1.165) is 19.1 Å². The first-order valence-corrected chi connectivity index (χ1v) is 4.85. The molecule has 0 aliphatic carbocycles. The first-order valence-electron chi connectivity index (χ1n) is 4.85. The molecule has 0 spiro atoms. The van der Waals surface area contributed by atoms with E-state index in [1.807, 2.05) is 0 Å². The van der Waals surface area contributed by atoms with Crippen LogP contribution in [0.2, 0.25) is 0 Å². The van der Waals surface area contributed by atoms with Crippen LogP contribution in [0.4, 0.5) is 0 Å². The Kier molecular flexibility index (Phi) is 18.6. The van der Waals surface area contributed by atoms with Crippen LogP contribution in [0.1, 0.15) is 61.1 Å². The van der Waals surface area contributed by atoms with E-state index >= 15 is 0 Å². The zero-order valence-electron chi connectivity index (χ0n) is 10.3. The predicted octanol–water partition coefficient (Wildman–Crippen LogP) is 3.17. The molecule has 0 radical (unpaired) electrons. The molecule has 12 heavy (non-hydrogen) atoms. The van der Waals surface area contributed by atoms with E-state index in [-0.39, 0.29) is 40.6 Å². The van der Waals surface area contributed by atoms with Gasteiger partial charge in [0, 0.05) is 6.42 Å². The second kappa shape index (κ2) is 14.5. The molecule has 0 aromatic carbocycles. The minimum Gasteiger partial charge on any atom is -1.00 e. The Morgan fingerprint density at radius 3 is 2.00 bits per heavy atom. The molecule has 0 aromatic heterocycles. The molecule has 0 unspecified atom stereocenters. The van der Waals surface area contributed by atoms with E-state index in [4.69, 9.17) is 0 Å². The van der Waals surface area contributed by atoms with Crippen molar-refractivity contribution in [1.82, 2.24) is 0 Å². The zero-order chi connectivity index (χ0) is 8.36. The molecule has 0 bridgehead atoms. The van der Waals surface area contributed by atoms with Gasteiger partial charge in [-0.15, -0.1) is 0 Å². The Hall–Kier alpha value is 0.930. The summed E-state index contributed by atoms with van der Waals surface area (Å²) in [6.45, 7) is 2.23. The SMILES string of the molecule is CCCCCCCCCC=O.[Ca+2].[H-].[H-]. The maximum atomic E-state index is 9.94. The normalized spacial score (nSPS) is 9.08. The molecule has 2 heteroatoms. The van der Waals surface area contributed by atoms with Crippen LogP contribution in [0.15, 0.2) is 0 Å². The molecule has 0 saturated carbocycles. The van der Waals surface area contributed by atoms with E-state index in [1.165, 1.54) is 38.5 Å². The summed E-state index contributed by atoms with van der Waals surface area (Å²) >= 11 is 0. The molecule has 0 N–H and O–H groups in total. The summed E-state index contributed by atoms with van der Waals surface area (Å²) in [6.07, 6.45) is 10.8. The second-order valence-corrected chi connectivity index (χ2v) is 3.08. The second-order valence-electron chi connectivity index (χ2n) is 3.08. The summed E-state index contributed by atoms with van der Waals surface area (Å²) in [7, 11) is 0. The van der Waals surface area contributed by atoms with E-state index in [2.05, 4.69) is 6.92 Å². The van der Waals surface area contributed by atoms with Crippen LogP contribution in [-0.4, -0.2) is 44.0 Å². The Bertz CT molecular complexity index is 92.2. The third kappa shape index (κ3) is 13.5. The quantitative estimate of drug-likeness (QED) is 0.332. The number of aldehydes is 1. The smallest absolute Gasteiger partial charge is 1.00 e. The van der Waals surface area contributed by atoms with Crippen molar-refractivity contribution < 1.29 is 7.65 Å². The van der Waals surface area contributed by atoms with Crippen LogP contribution in [0.25, 0.3) is 0 Å². The Morgan fingerprint density at radius 1 is 1.00 bits per heavy atom. The topological polar surface area (TPSA) is 17.1 Å². The minimum atomic E-state index is 0. The molecule has 0 rings (SSSR count). The van der Waals surface area contributed by atoms with E-state index < -0.39 is 0 Å². The molecule has 0 amide bonds. The van der Waals surface area contributed by atoms with Gasteiger partial charge in [-0.05, 0) is 6.42 Å². The average Bonchev–Trinajstić information content (AvgIpc) is 2.03. The summed E-state index contributed by atoms with van der Waals surface area (Å²) in [5.41, 5.74) is 0. The van der Waals surface area contributed by atoms with Gasteiger partial charge in [-0.1, -0.05) is 45.4 Å². The van der Waals surface area contributed by atoms with Gasteiger partial charge in [-0.2, -0.15) is 0 Å². The van der Waals surface area contributed by atoms with Crippen molar-refractivity contribution in [3.63, 3.8) is 0 Å². The molecule has 0 aliphatic heterocycles. The van der Waals surface area contributed by atoms with E-state index in [1.54, 1.807) is 0 Å². The molecule has 0 fully saturated rings. The molecule has 70 valence electrons. The summed E-state index contributed by atoms with van der Waals surface area (Å²) in [5.74, 6) is 0. The van der Waals surface area contributed by atoms with Crippen LogP contribution in [0.5, 0.6) is 0 Å². The summed E-state index contributed by atoms with van der Waals surface area (Å²) in [5, 5.41) is 0. The van der Waals surface area contributed by atoms with Crippen LogP contribution in [0.3, 0.4) is 0 Å². The third-order valence-corrected chi connectivity index (χ3v) is 1.93. The molecule has 0 aliphatic rings. The molecule has 0 atom stereocenters. The molecular weight excluding hydrogens is 176 g/mol. The first kappa shape index (κ1) is 15.4. The zero-order valence-corrected chi connectivity index (χ0v) is 10.6. The number of hydrogen-bond acceptors (Lipinski definition) is 1. The van der Waals surface area contributed by atoms with Crippen LogP contribution in [0, 0.1) is 0 Å². The molecule has 0 saturated heterocycles. The van der Waals surface area contributed by atoms with Crippen molar-refractivity contribution in [1.29, 1.82) is 0 Å². The third-order valence-electron chi connectivity index (χ3n) is 1.93. The maximum Gasteiger partial charge on any atom is 2.00 e. The van der Waals surface area contributed by atoms with Gasteiger partial charge in [0.1, 0.15) is 6.29 Å². The van der Waals surface area contributed by atoms with E-state index in [0.29, 0.717) is 0 Å². The standard InChI is InChI=1S/C10H20O.Ca.2H/c1-2-3-4-5-6-7-8-9-10-11;;;/h10H,2-9H2,1H3;;;/q;+2;2*-1. The monoisotopic (exact) mass is 198 g/mol. The van der Waals surface area contributed by atoms with Crippen molar-refractivity contribution in [2.24, 2.45) is 0 Å². The van der Waals surface area contributed by atoms with Gasteiger partial charge in [0.05, 0.1) is 0 Å². The van der Waals surface area contributed by atoms with Crippen molar-refractivity contribution in [3.05, 3.63) is 0 Å². The number of hydrogen-bond donors (Lipinski definition) is 0. The molecule has 0 heterocycles. The fraction of sp³-hybridized carbons (Fsp3) is 0.900. The number of carbonyl (C=O) groups excluding carboxylic acids is 1. The Balaban J connectivity index is -0.000000167. The van der Waals surface area contributed by atoms with Crippen molar-refractivity contribution in [3.8, 4) is 0 Å². The largest absolute Gasteiger partial charge is 2.00 e. The minimum absolute atomic E-state index is 0. The van der Waals surface area contributed by atoms with Gasteiger partial charge in [-0.25, -0.2) is 0 Å². The maximum absolute atomic E-state index is 9.94. The van der Waals surface area contributed by atoms with Gasteiger partial charge in [-0.3, -0.25) is 0 Å². The summed E-state index contributed by atoms with van der Waals surface area (Å²) < 4.78 is 0. The molecular formula is C10H22CaO. The van der Waals surface area contributed by atoms with Gasteiger partial charge in [0.15, 0.2) is 0 Å². The Morgan fingerprint density at radius 2 is 1.50 bits per heavy atom. The van der Waals surface area contributed by atoms with E-state index in [9.17, 15) is 4.79 Å². The van der Waals surface area contributed by atoms with Crippen molar-refractivity contribution >= 4 is 44.0 Å². The van der Waals surface area contributed by atoms with Gasteiger partial charge in [0.2, 0.25) is 0 Å². The Labute approximate surface area is 109 Å². The summed E-state index contributed by atoms with van der Waals surface area (Å²) in [6, 6.07) is 0. The fourth-order valence-corrected chi connectivity index (χ4v) is 1.18. The van der Waals surface area contributed by atoms with Gasteiger partial charge < -0.3 is 7.65 Å². The van der Waals surface area contributed by atoms with Crippen LogP contribution < -0.4 is 0 Å². The number of rotatable bonds is 8. The number of unbranched alkanes of at least 4 members (excludes halogenated alkanes) is 7. The van der Waals surface area contributed by atoms with Gasteiger partial charge >= 0.3 is 37.7 Å². The van der Waals surface area contributed by atoms with Gasteiger partial charge in [0.25, 0.3) is 0 Å². The van der Waals surface area contributed by atoms with Crippen LogP contribution >= 0.6 is 0 Å². The van der Waals surface area contributed by atoms with Crippen molar-refractivity contribution in [2.75, 3.05) is 0 Å². The van der Waals surface area contributed by atoms with Crippen molar-refractivity contribution in [2.45, 2.75) is 58.3 Å². The van der Waals surface area contributed by atoms with Crippen LogP contribution in [-0.2, 0) is 4.79 Å². The number of carbonyl (C=O) groups is 1.